The second kappa shape index (κ2) is 8.89. The van der Waals surface area contributed by atoms with E-state index in [1.54, 1.807) is 17.3 Å². The summed E-state index contributed by atoms with van der Waals surface area (Å²) < 4.78 is 27.3. The van der Waals surface area contributed by atoms with Crippen molar-refractivity contribution >= 4 is 38.5 Å². The summed E-state index contributed by atoms with van der Waals surface area (Å²) in [5.41, 5.74) is 10.5. The number of piperidine rings is 1. The molecule has 13 nitrogen and oxygen atoms in total. The first-order valence-corrected chi connectivity index (χ1v) is 15.4. The van der Waals surface area contributed by atoms with Gasteiger partial charge in [0.2, 0.25) is 5.82 Å². The highest BCUT2D eigenvalue weighted by Gasteiger charge is 2.50. The number of fused-ring (bicyclic) bond motifs is 3. The zero-order chi connectivity index (χ0) is 27.8. The van der Waals surface area contributed by atoms with E-state index in [0.29, 0.717) is 29.7 Å². The number of carbonyl (C=O) groups is 1. The Morgan fingerprint density at radius 2 is 1.93 bits per heavy atom. The highest BCUT2D eigenvalue weighted by molar-refractivity contribution is 7.91. The maximum atomic E-state index is 13.0. The van der Waals surface area contributed by atoms with Crippen LogP contribution in [0.3, 0.4) is 0 Å². The van der Waals surface area contributed by atoms with Gasteiger partial charge < -0.3 is 10.6 Å². The monoisotopic (exact) mass is 576 g/mol. The zero-order valence-electron chi connectivity index (χ0n) is 21.5. The SMILES string of the molecule is Cc1csc(-c2ccc(-c3cnn4c(N)c(S(C)(=O)=O)c(C5CC6C[C@@H](C5)N6C(=O)c5ncn[nH]5)nc34)cn2)n1. The average molecular weight is 577 g/mol. The summed E-state index contributed by atoms with van der Waals surface area (Å²) in [7, 11) is -3.73. The third kappa shape index (κ3) is 3.87. The van der Waals surface area contributed by atoms with Crippen LogP contribution in [0, 0.1) is 6.92 Å². The van der Waals surface area contributed by atoms with Gasteiger partial charge >= 0.3 is 0 Å². The van der Waals surface area contributed by atoms with Crippen LogP contribution in [0.2, 0.25) is 0 Å². The topological polar surface area (TPSA) is 178 Å². The van der Waals surface area contributed by atoms with Gasteiger partial charge in [0.1, 0.15) is 22.0 Å². The Bertz CT molecular complexity index is 1870. The molecular weight excluding hydrogens is 552 g/mol. The number of rotatable bonds is 5. The van der Waals surface area contributed by atoms with Crippen molar-refractivity contribution in [2.24, 2.45) is 0 Å². The molecule has 2 bridgehead atoms. The molecule has 2 unspecified atom stereocenters. The molecule has 15 heteroatoms. The molecule has 2 saturated heterocycles. The predicted molar refractivity (Wildman–Crippen MR) is 146 cm³/mol. The van der Waals surface area contributed by atoms with Crippen molar-refractivity contribution in [1.82, 2.24) is 44.6 Å². The Hall–Kier alpha value is -4.24. The second-order valence-corrected chi connectivity index (χ2v) is 13.1. The number of thiazole rings is 1. The molecule has 204 valence electrons. The van der Waals surface area contributed by atoms with Gasteiger partial charge in [0.15, 0.2) is 15.5 Å². The first-order chi connectivity index (χ1) is 19.2. The molecule has 3 fully saturated rings. The van der Waals surface area contributed by atoms with Crippen LogP contribution in [0.15, 0.2) is 41.1 Å². The van der Waals surface area contributed by atoms with Crippen LogP contribution in [0.1, 0.15) is 47.2 Å². The van der Waals surface area contributed by atoms with Crippen molar-refractivity contribution in [3.8, 4) is 21.8 Å². The largest absolute Gasteiger partial charge is 0.382 e. The Morgan fingerprint density at radius 3 is 2.55 bits per heavy atom. The maximum Gasteiger partial charge on any atom is 0.291 e. The van der Waals surface area contributed by atoms with Gasteiger partial charge in [-0.15, -0.1) is 11.3 Å². The Labute approximate surface area is 232 Å². The number of nitrogens with zero attached hydrogens (tertiary/aromatic N) is 8. The van der Waals surface area contributed by atoms with Gasteiger partial charge in [-0.05, 0) is 32.3 Å². The smallest absolute Gasteiger partial charge is 0.291 e. The van der Waals surface area contributed by atoms with E-state index in [1.807, 2.05) is 24.4 Å². The average Bonchev–Trinajstić information content (AvgIpc) is 3.69. The second-order valence-electron chi connectivity index (χ2n) is 10.3. The predicted octanol–water partition coefficient (Wildman–Crippen LogP) is 2.49. The third-order valence-corrected chi connectivity index (χ3v) is 9.77. The number of aryl methyl sites for hydroxylation is 1. The van der Waals surface area contributed by atoms with E-state index >= 15 is 0 Å². The van der Waals surface area contributed by atoms with E-state index in [9.17, 15) is 13.2 Å². The number of aromatic nitrogens is 8. The highest BCUT2D eigenvalue weighted by Crippen LogP contribution is 2.47. The number of carbonyl (C=O) groups excluding carboxylic acids is 1. The van der Waals surface area contributed by atoms with Crippen LogP contribution in [-0.4, -0.2) is 77.3 Å². The first kappa shape index (κ1) is 24.8. The molecule has 8 rings (SSSR count). The third-order valence-electron chi connectivity index (χ3n) is 7.63. The molecule has 1 aliphatic carbocycles. The molecule has 40 heavy (non-hydrogen) atoms. The normalized spacial score (nSPS) is 20.6. The summed E-state index contributed by atoms with van der Waals surface area (Å²) >= 11 is 1.53. The van der Waals surface area contributed by atoms with Crippen molar-refractivity contribution in [2.75, 3.05) is 12.0 Å². The lowest BCUT2D eigenvalue weighted by Gasteiger charge is -2.55. The van der Waals surface area contributed by atoms with Crippen molar-refractivity contribution < 1.29 is 13.2 Å². The molecule has 3 N–H and O–H groups in total. The number of hydrogen-bond acceptors (Lipinski definition) is 11. The van der Waals surface area contributed by atoms with Gasteiger partial charge in [-0.1, -0.05) is 6.07 Å². The minimum Gasteiger partial charge on any atom is -0.382 e. The van der Waals surface area contributed by atoms with Crippen LogP contribution in [0.5, 0.6) is 0 Å². The fourth-order valence-corrected chi connectivity index (χ4v) is 7.72. The lowest BCUT2D eigenvalue weighted by molar-refractivity contribution is -0.0205. The lowest BCUT2D eigenvalue weighted by Crippen LogP contribution is -2.62. The summed E-state index contributed by atoms with van der Waals surface area (Å²) in [6.45, 7) is 1.94. The quantitative estimate of drug-likeness (QED) is 0.316. The van der Waals surface area contributed by atoms with Crippen molar-refractivity contribution in [1.29, 1.82) is 0 Å². The van der Waals surface area contributed by atoms with E-state index in [-0.39, 0.29) is 40.4 Å². The minimum absolute atomic E-state index is 0.0123. The maximum absolute atomic E-state index is 13.0. The van der Waals surface area contributed by atoms with E-state index in [1.165, 1.54) is 22.2 Å². The Morgan fingerprint density at radius 1 is 1.12 bits per heavy atom. The lowest BCUT2D eigenvalue weighted by atomic mass is 9.72. The molecule has 5 aromatic heterocycles. The van der Waals surface area contributed by atoms with Gasteiger partial charge in [-0.3, -0.25) is 14.9 Å². The van der Waals surface area contributed by atoms with Gasteiger partial charge in [-0.25, -0.2) is 23.4 Å². The van der Waals surface area contributed by atoms with Gasteiger partial charge in [-0.2, -0.15) is 14.7 Å². The van der Waals surface area contributed by atoms with Gasteiger partial charge in [0.25, 0.3) is 5.91 Å². The van der Waals surface area contributed by atoms with Crippen LogP contribution < -0.4 is 5.73 Å². The van der Waals surface area contributed by atoms with Crippen LogP contribution >= 0.6 is 11.3 Å². The number of hydrogen-bond donors (Lipinski definition) is 2. The fraction of sp³-hybridized carbons (Fsp3) is 0.320. The molecule has 0 aromatic carbocycles. The van der Waals surface area contributed by atoms with Crippen molar-refractivity contribution in [2.45, 2.75) is 49.1 Å². The summed E-state index contributed by atoms with van der Waals surface area (Å²) in [5.74, 6) is -0.186. The first-order valence-electron chi connectivity index (χ1n) is 12.6. The number of anilines is 1. The van der Waals surface area contributed by atoms with Crippen LogP contribution in [0.25, 0.3) is 27.5 Å². The number of pyridine rings is 1. The summed E-state index contributed by atoms with van der Waals surface area (Å²) in [6, 6.07) is 3.70. The van der Waals surface area contributed by atoms with Crippen LogP contribution in [0.4, 0.5) is 5.82 Å². The molecule has 1 amide bonds. The molecule has 2 aliphatic heterocycles. The zero-order valence-corrected chi connectivity index (χ0v) is 23.1. The van der Waals surface area contributed by atoms with E-state index in [0.717, 1.165) is 34.6 Å². The molecule has 1 saturated carbocycles. The molecule has 0 spiro atoms. The molecule has 5 aromatic rings. The number of aromatic amines is 1. The molecular formula is C25H24N10O3S2. The summed E-state index contributed by atoms with van der Waals surface area (Å²) in [6.07, 6.45) is 7.76. The standard InChI is InChI=1S/C25H24N10O3S2/c1-12-10-39-24(31-12)18-4-3-13(8-27-18)17-9-30-35-21(26)20(40(2,37)38)19(32-23(17)35)14-5-15-7-16(6-14)34(15)25(36)22-28-11-29-33-22/h3-4,8-11,14-16H,5-7,26H2,1-2H3,(H,28,29,33)/t14?,15-,16?/m1/s1. The Kier molecular flexibility index (Phi) is 5.51. The number of nitrogens with two attached hydrogens (primary N) is 1. The van der Waals surface area contributed by atoms with Crippen molar-refractivity contribution in [3.05, 3.63) is 53.4 Å². The number of sulfone groups is 1. The van der Waals surface area contributed by atoms with Crippen LogP contribution in [-0.2, 0) is 9.84 Å². The highest BCUT2D eigenvalue weighted by atomic mass is 32.2. The van der Waals surface area contributed by atoms with Gasteiger partial charge in [0.05, 0.1) is 17.6 Å². The van der Waals surface area contributed by atoms with E-state index in [4.69, 9.17) is 10.7 Å². The number of nitrogen functional groups attached to an aromatic ring is 1. The summed E-state index contributed by atoms with van der Waals surface area (Å²) in [5, 5.41) is 13.6. The van der Waals surface area contributed by atoms with Gasteiger partial charge in [0, 0.05) is 52.7 Å². The molecule has 7 heterocycles. The molecule has 3 aliphatic rings. The molecule has 3 atom stereocenters. The minimum atomic E-state index is -3.73. The number of nitrogens with one attached hydrogen (secondary N) is 1. The van der Waals surface area contributed by atoms with E-state index < -0.39 is 9.84 Å². The fourth-order valence-electron chi connectivity index (χ4n) is 5.89. The summed E-state index contributed by atoms with van der Waals surface area (Å²) in [4.78, 5) is 32.7. The Balaban J connectivity index is 1.27. The number of amides is 1. The molecule has 0 radical (unpaired) electrons. The number of H-pyrrole nitrogens is 1. The van der Waals surface area contributed by atoms with Crippen molar-refractivity contribution in [3.63, 3.8) is 0 Å². The van der Waals surface area contributed by atoms with E-state index in [2.05, 4.69) is 30.2 Å².